The standard InChI is InChI=1S/C65H44N2O/c1-6-20-45(21-7-1)46-36-38-52(39-37-46)66(53-40-41-56-55-31-16-17-34-59(55)65(60(56)43-53,48-23-8-2-9-24-48)49-25-10-3-11-26-49)54-42-47-22-18-32-57-58-33-19-35-61(64(58)68-62(44-54)63(47)57)67(50-27-12-4-13-28-50)51-29-14-5-15-30-51/h1-44H. The van der Waals surface area contributed by atoms with Gasteiger partial charge in [0.15, 0.2) is 5.75 Å². The van der Waals surface area contributed by atoms with Crippen molar-refractivity contribution < 1.29 is 4.74 Å². The van der Waals surface area contributed by atoms with E-state index in [1.54, 1.807) is 0 Å². The summed E-state index contributed by atoms with van der Waals surface area (Å²) in [5.74, 6) is 1.64. The van der Waals surface area contributed by atoms with Crippen molar-refractivity contribution in [2.24, 2.45) is 0 Å². The third-order valence-corrected chi connectivity index (χ3v) is 13.9. The lowest BCUT2D eigenvalue weighted by Gasteiger charge is -2.35. The van der Waals surface area contributed by atoms with Crippen molar-refractivity contribution in [2.75, 3.05) is 9.80 Å². The van der Waals surface area contributed by atoms with Crippen LogP contribution in [0.3, 0.4) is 0 Å². The molecule has 0 fully saturated rings. The van der Waals surface area contributed by atoms with Gasteiger partial charge in [0.25, 0.3) is 0 Å². The van der Waals surface area contributed by atoms with Crippen molar-refractivity contribution in [3.63, 3.8) is 0 Å². The second kappa shape index (κ2) is 16.2. The van der Waals surface area contributed by atoms with Gasteiger partial charge in [0, 0.05) is 39.8 Å². The number of benzene rings is 11. The van der Waals surface area contributed by atoms with Crippen molar-refractivity contribution in [2.45, 2.75) is 5.41 Å². The van der Waals surface area contributed by atoms with Gasteiger partial charge in [-0.3, -0.25) is 0 Å². The molecule has 68 heavy (non-hydrogen) atoms. The smallest absolute Gasteiger partial charge is 0.159 e. The molecule has 0 unspecified atom stereocenters. The monoisotopic (exact) mass is 868 g/mol. The van der Waals surface area contributed by atoms with Gasteiger partial charge in [-0.05, 0) is 116 Å². The average Bonchev–Trinajstić information content (AvgIpc) is 3.71. The number of rotatable bonds is 9. The number of para-hydroxylation sites is 3. The van der Waals surface area contributed by atoms with Crippen molar-refractivity contribution in [1.82, 2.24) is 0 Å². The molecule has 0 saturated carbocycles. The molecule has 3 heteroatoms. The van der Waals surface area contributed by atoms with Crippen molar-refractivity contribution in [3.8, 4) is 44.9 Å². The molecule has 0 atom stereocenters. The van der Waals surface area contributed by atoms with Crippen molar-refractivity contribution >= 4 is 44.9 Å². The fraction of sp³-hybridized carbons (Fsp3) is 0.0154. The third-order valence-electron chi connectivity index (χ3n) is 13.9. The maximum atomic E-state index is 7.34. The van der Waals surface area contributed by atoms with Crippen LogP contribution in [0.25, 0.3) is 44.2 Å². The van der Waals surface area contributed by atoms with E-state index >= 15 is 0 Å². The Kier molecular flexibility index (Phi) is 9.40. The molecule has 2 aliphatic rings. The molecular weight excluding hydrogens is 825 g/mol. The van der Waals surface area contributed by atoms with Gasteiger partial charge in [0.2, 0.25) is 0 Å². The van der Waals surface area contributed by atoms with Crippen molar-refractivity contribution in [3.05, 3.63) is 289 Å². The molecule has 3 nitrogen and oxygen atoms in total. The Labute approximate surface area is 397 Å². The molecule has 0 amide bonds. The highest BCUT2D eigenvalue weighted by Gasteiger charge is 2.46. The Morgan fingerprint density at radius 2 is 0.824 bits per heavy atom. The summed E-state index contributed by atoms with van der Waals surface area (Å²) in [5.41, 5.74) is 17.7. The van der Waals surface area contributed by atoms with Crippen LogP contribution in [0.4, 0.5) is 34.1 Å². The number of nitrogens with zero attached hydrogens (tertiary/aromatic N) is 2. The molecule has 1 heterocycles. The molecule has 1 aliphatic carbocycles. The first kappa shape index (κ1) is 39.4. The van der Waals surface area contributed by atoms with Gasteiger partial charge in [-0.25, -0.2) is 0 Å². The van der Waals surface area contributed by atoms with Crippen LogP contribution in [0.2, 0.25) is 0 Å². The molecule has 0 radical (unpaired) electrons. The minimum absolute atomic E-state index is 0.551. The lowest BCUT2D eigenvalue weighted by Crippen LogP contribution is -2.28. The van der Waals surface area contributed by atoms with Crippen molar-refractivity contribution in [1.29, 1.82) is 0 Å². The second-order valence-corrected chi connectivity index (χ2v) is 17.6. The summed E-state index contributed by atoms with van der Waals surface area (Å²) in [7, 11) is 0. The molecule has 13 rings (SSSR count). The zero-order valence-electron chi connectivity index (χ0n) is 37.2. The fourth-order valence-corrected chi connectivity index (χ4v) is 11.0. The molecule has 1 aliphatic heterocycles. The van der Waals surface area contributed by atoms with Gasteiger partial charge in [0.1, 0.15) is 5.75 Å². The normalized spacial score (nSPS) is 12.6. The van der Waals surface area contributed by atoms with Crippen LogP contribution >= 0.6 is 0 Å². The fourth-order valence-electron chi connectivity index (χ4n) is 11.0. The summed E-state index contributed by atoms with van der Waals surface area (Å²) in [6, 6.07) is 96.5. The average molecular weight is 869 g/mol. The summed E-state index contributed by atoms with van der Waals surface area (Å²) < 4.78 is 7.34. The molecule has 0 bridgehead atoms. The van der Waals surface area contributed by atoms with E-state index < -0.39 is 5.41 Å². The van der Waals surface area contributed by atoms with E-state index in [-0.39, 0.29) is 0 Å². The van der Waals surface area contributed by atoms with Gasteiger partial charge >= 0.3 is 0 Å². The van der Waals surface area contributed by atoms with Crippen LogP contribution in [0.5, 0.6) is 11.5 Å². The zero-order valence-corrected chi connectivity index (χ0v) is 37.2. The SMILES string of the molecule is c1ccc(-c2ccc(N(c3ccc4c(c3)C(c3ccccc3)(c3ccccc3)c3ccccc3-4)c3cc4c5c(cccc5c3)-c3cccc(N(c5ccccc5)c5ccccc5)c3O4)cc2)cc1. The number of ether oxygens (including phenoxy) is 1. The molecule has 11 aromatic carbocycles. The summed E-state index contributed by atoms with van der Waals surface area (Å²) in [6.07, 6.45) is 0. The molecule has 11 aromatic rings. The highest BCUT2D eigenvalue weighted by atomic mass is 16.5. The molecule has 320 valence electrons. The Morgan fingerprint density at radius 3 is 1.50 bits per heavy atom. The number of anilines is 6. The van der Waals surface area contributed by atoms with Crippen LogP contribution in [0.15, 0.2) is 267 Å². The largest absolute Gasteiger partial charge is 0.454 e. The number of hydrogen-bond donors (Lipinski definition) is 0. The Bertz CT molecular complexity index is 3550. The van der Waals surface area contributed by atoms with E-state index in [2.05, 4.69) is 277 Å². The maximum Gasteiger partial charge on any atom is 0.159 e. The van der Waals surface area contributed by atoms with E-state index in [9.17, 15) is 0 Å². The molecule has 0 saturated heterocycles. The predicted molar refractivity (Wildman–Crippen MR) is 282 cm³/mol. The molecular formula is C65H44N2O. The van der Waals surface area contributed by atoms with Gasteiger partial charge < -0.3 is 14.5 Å². The highest BCUT2D eigenvalue weighted by Crippen LogP contribution is 2.58. The second-order valence-electron chi connectivity index (χ2n) is 17.6. The van der Waals surface area contributed by atoms with Crippen LogP contribution in [-0.4, -0.2) is 0 Å². The summed E-state index contributed by atoms with van der Waals surface area (Å²) in [5, 5.41) is 2.21. The van der Waals surface area contributed by atoms with Crippen LogP contribution < -0.4 is 14.5 Å². The van der Waals surface area contributed by atoms with E-state index in [1.165, 1.54) is 38.9 Å². The summed E-state index contributed by atoms with van der Waals surface area (Å²) in [6.45, 7) is 0. The quantitative estimate of drug-likeness (QED) is 0.144. The lowest BCUT2D eigenvalue weighted by atomic mass is 9.67. The van der Waals surface area contributed by atoms with E-state index in [0.717, 1.165) is 73.1 Å². The number of hydrogen-bond acceptors (Lipinski definition) is 3. The Hall–Kier alpha value is -8.92. The predicted octanol–water partition coefficient (Wildman–Crippen LogP) is 17.6. The zero-order chi connectivity index (χ0) is 45.0. The van der Waals surface area contributed by atoms with E-state index in [0.29, 0.717) is 0 Å². The maximum absolute atomic E-state index is 7.34. The molecule has 0 spiro atoms. The topological polar surface area (TPSA) is 15.7 Å². The van der Waals surface area contributed by atoms with E-state index in [1.807, 2.05) is 0 Å². The number of fused-ring (bicyclic) bond motifs is 5. The van der Waals surface area contributed by atoms with E-state index in [4.69, 9.17) is 4.74 Å². The molecule has 0 N–H and O–H groups in total. The third kappa shape index (κ3) is 6.28. The Morgan fingerprint density at radius 1 is 0.309 bits per heavy atom. The van der Waals surface area contributed by atoms with Crippen LogP contribution in [0, 0.1) is 0 Å². The minimum Gasteiger partial charge on any atom is -0.454 e. The lowest BCUT2D eigenvalue weighted by molar-refractivity contribution is 0.488. The first-order valence-corrected chi connectivity index (χ1v) is 23.3. The Balaban J connectivity index is 1.03. The first-order valence-electron chi connectivity index (χ1n) is 23.3. The first-order chi connectivity index (χ1) is 33.7. The summed E-state index contributed by atoms with van der Waals surface area (Å²) in [4.78, 5) is 4.70. The highest BCUT2D eigenvalue weighted by molar-refractivity contribution is 6.08. The summed E-state index contributed by atoms with van der Waals surface area (Å²) >= 11 is 0. The van der Waals surface area contributed by atoms with Gasteiger partial charge in [0.05, 0.1) is 16.8 Å². The minimum atomic E-state index is -0.551. The van der Waals surface area contributed by atoms with Gasteiger partial charge in [-0.1, -0.05) is 200 Å². The van der Waals surface area contributed by atoms with Gasteiger partial charge in [-0.2, -0.15) is 0 Å². The van der Waals surface area contributed by atoms with Crippen LogP contribution in [0.1, 0.15) is 22.3 Å². The van der Waals surface area contributed by atoms with Gasteiger partial charge in [-0.15, -0.1) is 0 Å². The molecule has 0 aromatic heterocycles. The van der Waals surface area contributed by atoms with Crippen LogP contribution in [-0.2, 0) is 5.41 Å².